The molecule has 0 heterocycles. The first-order chi connectivity index (χ1) is 9.85. The zero-order valence-corrected chi connectivity index (χ0v) is 14.8. The van der Waals surface area contributed by atoms with Crippen molar-refractivity contribution in [3.05, 3.63) is 34.3 Å². The lowest BCUT2D eigenvalue weighted by molar-refractivity contribution is 0.224. The average molecular weight is 309 g/mol. The van der Waals surface area contributed by atoms with Gasteiger partial charge in [-0.25, -0.2) is 0 Å². The van der Waals surface area contributed by atoms with Crippen LogP contribution in [0.2, 0.25) is 5.02 Å². The summed E-state index contributed by atoms with van der Waals surface area (Å²) in [6, 6.07) is 7.38. The molecule has 2 nitrogen and oxygen atoms in total. The van der Waals surface area contributed by atoms with Gasteiger partial charge < -0.3 is 10.2 Å². The molecule has 2 atom stereocenters. The molecule has 0 saturated carbocycles. The van der Waals surface area contributed by atoms with Gasteiger partial charge in [0.2, 0.25) is 0 Å². The summed E-state index contributed by atoms with van der Waals surface area (Å²) in [5, 5.41) is 4.61. The Morgan fingerprint density at radius 1 is 1.43 bits per heavy atom. The van der Waals surface area contributed by atoms with Crippen LogP contribution in [0.4, 0.5) is 0 Å². The molecule has 21 heavy (non-hydrogen) atoms. The fraction of sp³-hybridized carbons (Fsp3) is 0.667. The molecule has 0 amide bonds. The number of hydrogen-bond acceptors (Lipinski definition) is 2. The van der Waals surface area contributed by atoms with Crippen LogP contribution >= 0.6 is 11.6 Å². The second kappa shape index (κ2) is 6.68. The van der Waals surface area contributed by atoms with Crippen molar-refractivity contribution in [2.75, 3.05) is 20.1 Å². The molecule has 1 aromatic carbocycles. The lowest BCUT2D eigenvalue weighted by atomic mass is 9.85. The zero-order chi connectivity index (χ0) is 15.6. The molecule has 1 aliphatic rings. The molecular formula is C18H29ClN2. The summed E-state index contributed by atoms with van der Waals surface area (Å²) in [6.45, 7) is 11.3. The van der Waals surface area contributed by atoms with Crippen molar-refractivity contribution in [2.24, 2.45) is 5.41 Å². The van der Waals surface area contributed by atoms with Crippen LogP contribution in [-0.2, 0) is 6.42 Å². The minimum absolute atomic E-state index is 0.252. The second-order valence-electron chi connectivity index (χ2n) is 7.13. The first-order valence-electron chi connectivity index (χ1n) is 8.07. The van der Waals surface area contributed by atoms with Crippen LogP contribution in [0.1, 0.15) is 51.3 Å². The lowest BCUT2D eigenvalue weighted by Crippen LogP contribution is -2.38. The Bertz CT molecular complexity index is 484. The van der Waals surface area contributed by atoms with E-state index < -0.39 is 0 Å². The van der Waals surface area contributed by atoms with Crippen LogP contribution in [0.25, 0.3) is 0 Å². The number of fused-ring (bicyclic) bond motifs is 1. The van der Waals surface area contributed by atoms with Crippen molar-refractivity contribution < 1.29 is 0 Å². The summed E-state index contributed by atoms with van der Waals surface area (Å²) in [7, 11) is 2.21. The second-order valence-corrected chi connectivity index (χ2v) is 7.57. The Morgan fingerprint density at radius 2 is 2.14 bits per heavy atom. The van der Waals surface area contributed by atoms with Gasteiger partial charge >= 0.3 is 0 Å². The summed E-state index contributed by atoms with van der Waals surface area (Å²) in [5.41, 5.74) is 3.08. The summed E-state index contributed by atoms with van der Waals surface area (Å²) in [6.07, 6.45) is 2.32. The highest BCUT2D eigenvalue weighted by molar-refractivity contribution is 6.30. The van der Waals surface area contributed by atoms with Crippen LogP contribution in [0.15, 0.2) is 18.2 Å². The normalized spacial score (nSPS) is 21.6. The molecule has 0 saturated heterocycles. The Labute approximate surface area is 134 Å². The maximum Gasteiger partial charge on any atom is 0.0409 e. The van der Waals surface area contributed by atoms with Gasteiger partial charge in [-0.05, 0) is 55.5 Å². The SMILES string of the molecule is CCC(C)N(C)CCNC1c2cc(Cl)ccc2CC1(C)C. The van der Waals surface area contributed by atoms with E-state index in [1.165, 1.54) is 17.5 Å². The van der Waals surface area contributed by atoms with E-state index in [0.29, 0.717) is 12.1 Å². The number of nitrogens with zero attached hydrogens (tertiary/aromatic N) is 1. The van der Waals surface area contributed by atoms with Gasteiger partial charge in [0, 0.05) is 30.2 Å². The van der Waals surface area contributed by atoms with E-state index in [4.69, 9.17) is 11.6 Å². The first kappa shape index (κ1) is 16.8. The van der Waals surface area contributed by atoms with Crippen LogP contribution in [0.5, 0.6) is 0 Å². The van der Waals surface area contributed by atoms with Crippen LogP contribution in [0.3, 0.4) is 0 Å². The molecule has 2 rings (SSSR count). The van der Waals surface area contributed by atoms with Gasteiger partial charge in [-0.15, -0.1) is 0 Å². The minimum Gasteiger partial charge on any atom is -0.308 e. The van der Waals surface area contributed by atoms with Gasteiger partial charge in [-0.3, -0.25) is 0 Å². The number of nitrogens with one attached hydrogen (secondary N) is 1. The Kier molecular flexibility index (Phi) is 5.34. The Morgan fingerprint density at radius 3 is 2.81 bits per heavy atom. The van der Waals surface area contributed by atoms with Gasteiger partial charge in [0.05, 0.1) is 0 Å². The van der Waals surface area contributed by atoms with Crippen LogP contribution < -0.4 is 5.32 Å². The predicted molar refractivity (Wildman–Crippen MR) is 92.1 cm³/mol. The van der Waals surface area contributed by atoms with Crippen molar-refractivity contribution in [3.8, 4) is 0 Å². The zero-order valence-electron chi connectivity index (χ0n) is 14.0. The minimum atomic E-state index is 0.252. The third kappa shape index (κ3) is 3.80. The predicted octanol–water partition coefficient (Wildman–Crippen LogP) is 4.28. The standard InChI is InChI=1S/C18H29ClN2/c1-6-13(2)21(5)10-9-20-17-16-11-15(19)8-7-14(16)12-18(17,3)4/h7-8,11,13,17,20H,6,9-10,12H2,1-5H3. The molecule has 1 N–H and O–H groups in total. The summed E-state index contributed by atoms with van der Waals surface area (Å²) in [4.78, 5) is 2.42. The van der Waals surface area contributed by atoms with E-state index >= 15 is 0 Å². The molecule has 1 aromatic rings. The topological polar surface area (TPSA) is 15.3 Å². The van der Waals surface area contributed by atoms with Gasteiger partial charge in [0.25, 0.3) is 0 Å². The maximum atomic E-state index is 6.19. The Hall–Kier alpha value is -0.570. The van der Waals surface area contributed by atoms with E-state index in [9.17, 15) is 0 Å². The van der Waals surface area contributed by atoms with E-state index in [-0.39, 0.29) is 5.41 Å². The molecule has 0 aliphatic heterocycles. The van der Waals surface area contributed by atoms with Crippen LogP contribution in [-0.4, -0.2) is 31.1 Å². The molecule has 118 valence electrons. The molecule has 0 aromatic heterocycles. The first-order valence-corrected chi connectivity index (χ1v) is 8.45. The quantitative estimate of drug-likeness (QED) is 0.843. The fourth-order valence-corrected chi connectivity index (χ4v) is 3.49. The summed E-state index contributed by atoms with van der Waals surface area (Å²) < 4.78 is 0. The lowest BCUT2D eigenvalue weighted by Gasteiger charge is -2.30. The molecule has 3 heteroatoms. The Balaban J connectivity index is 2.01. The highest BCUT2D eigenvalue weighted by atomic mass is 35.5. The number of rotatable bonds is 6. The van der Waals surface area contributed by atoms with Crippen LogP contribution in [0, 0.1) is 5.41 Å². The monoisotopic (exact) mass is 308 g/mol. The van der Waals surface area contributed by atoms with Gasteiger partial charge in [-0.1, -0.05) is 38.4 Å². The van der Waals surface area contributed by atoms with Gasteiger partial charge in [0.1, 0.15) is 0 Å². The molecule has 0 spiro atoms. The smallest absolute Gasteiger partial charge is 0.0409 e. The van der Waals surface area contributed by atoms with Crippen molar-refractivity contribution >= 4 is 11.6 Å². The average Bonchev–Trinajstić information content (AvgIpc) is 2.68. The summed E-state index contributed by atoms with van der Waals surface area (Å²) in [5.74, 6) is 0. The van der Waals surface area contributed by atoms with E-state index in [1.54, 1.807) is 0 Å². The largest absolute Gasteiger partial charge is 0.308 e. The molecule has 0 bridgehead atoms. The molecular weight excluding hydrogens is 280 g/mol. The molecule has 0 radical (unpaired) electrons. The van der Waals surface area contributed by atoms with Crippen molar-refractivity contribution in [3.63, 3.8) is 0 Å². The molecule has 0 fully saturated rings. The molecule has 2 unspecified atom stereocenters. The van der Waals surface area contributed by atoms with Crippen molar-refractivity contribution in [1.29, 1.82) is 0 Å². The highest BCUT2D eigenvalue weighted by Crippen LogP contribution is 2.45. The van der Waals surface area contributed by atoms with E-state index in [0.717, 1.165) is 24.5 Å². The van der Waals surface area contributed by atoms with Gasteiger partial charge in [-0.2, -0.15) is 0 Å². The number of hydrogen-bond donors (Lipinski definition) is 1. The van der Waals surface area contributed by atoms with Gasteiger partial charge in [0.15, 0.2) is 0 Å². The van der Waals surface area contributed by atoms with Crippen molar-refractivity contribution in [2.45, 2.75) is 52.6 Å². The van der Waals surface area contributed by atoms with Crippen molar-refractivity contribution in [1.82, 2.24) is 10.2 Å². The fourth-order valence-electron chi connectivity index (χ4n) is 3.31. The third-order valence-electron chi connectivity index (χ3n) is 5.00. The third-order valence-corrected chi connectivity index (χ3v) is 5.24. The highest BCUT2D eigenvalue weighted by Gasteiger charge is 2.38. The number of likely N-dealkylation sites (N-methyl/N-ethyl adjacent to an activating group) is 1. The number of benzene rings is 1. The molecule has 1 aliphatic carbocycles. The summed E-state index contributed by atoms with van der Waals surface area (Å²) >= 11 is 6.19. The number of halogens is 1. The van der Waals surface area contributed by atoms with E-state index in [1.807, 2.05) is 6.07 Å². The van der Waals surface area contributed by atoms with E-state index in [2.05, 4.69) is 57.1 Å². The maximum absolute atomic E-state index is 6.19.